The Balaban J connectivity index is 2.52. The average Bonchev–Trinajstić information content (AvgIpc) is 2.49. The first kappa shape index (κ1) is 15.3. The molecular formula is C9H15Cl2NO3S2. The van der Waals surface area contributed by atoms with E-state index in [9.17, 15) is 8.42 Å². The van der Waals surface area contributed by atoms with E-state index in [1.165, 1.54) is 0 Å². The van der Waals surface area contributed by atoms with E-state index in [-0.39, 0.29) is 34.5 Å². The number of hydrogen-bond donors (Lipinski definition) is 1. The van der Waals surface area contributed by atoms with Crippen LogP contribution in [0.3, 0.4) is 0 Å². The molecule has 0 bridgehead atoms. The van der Waals surface area contributed by atoms with Gasteiger partial charge in [-0.1, -0.05) is 0 Å². The Labute approximate surface area is 117 Å². The lowest BCUT2D eigenvalue weighted by atomic mass is 10.0. The molecule has 0 aromatic carbocycles. The molecule has 0 radical (unpaired) electrons. The van der Waals surface area contributed by atoms with Gasteiger partial charge in [-0.25, -0.2) is 8.42 Å². The standard InChI is InChI=1S/C9H15Cl2NO3S2/c1-9(2-3-17(13,14)6-9)12-8(16)15-7(4-10)5-11/h7H,2-6H2,1H3,(H,12,16). The van der Waals surface area contributed by atoms with Crippen molar-refractivity contribution < 1.29 is 13.2 Å². The lowest BCUT2D eigenvalue weighted by Gasteiger charge is -2.26. The second kappa shape index (κ2) is 5.91. The van der Waals surface area contributed by atoms with Gasteiger partial charge in [0, 0.05) is 0 Å². The van der Waals surface area contributed by atoms with Gasteiger partial charge < -0.3 is 10.1 Å². The predicted octanol–water partition coefficient (Wildman–Crippen LogP) is 1.30. The van der Waals surface area contributed by atoms with Crippen LogP contribution >= 0.6 is 35.4 Å². The summed E-state index contributed by atoms with van der Waals surface area (Å²) in [4.78, 5) is 0. The van der Waals surface area contributed by atoms with Crippen LogP contribution < -0.4 is 5.32 Å². The third-order valence-corrected chi connectivity index (χ3v) is 5.31. The Bertz CT molecular complexity index is 384. The fraction of sp³-hybridized carbons (Fsp3) is 0.889. The first-order valence-corrected chi connectivity index (χ1v) is 8.41. The van der Waals surface area contributed by atoms with Crippen LogP contribution in [0.5, 0.6) is 0 Å². The van der Waals surface area contributed by atoms with Gasteiger partial charge in [0.2, 0.25) is 0 Å². The van der Waals surface area contributed by atoms with Crippen molar-refractivity contribution in [1.29, 1.82) is 0 Å². The Morgan fingerprint density at radius 3 is 2.53 bits per heavy atom. The Morgan fingerprint density at radius 1 is 1.53 bits per heavy atom. The second-order valence-corrected chi connectivity index (χ2v) is 7.54. The maximum absolute atomic E-state index is 11.4. The highest BCUT2D eigenvalue weighted by Gasteiger charge is 2.39. The molecule has 1 N–H and O–H groups in total. The average molecular weight is 320 g/mol. The van der Waals surface area contributed by atoms with E-state index in [2.05, 4.69) is 5.32 Å². The molecule has 1 fully saturated rings. The summed E-state index contributed by atoms with van der Waals surface area (Å²) in [5.74, 6) is 0.712. The van der Waals surface area contributed by atoms with Crippen LogP contribution in [0.4, 0.5) is 0 Å². The van der Waals surface area contributed by atoms with Crippen molar-refractivity contribution >= 4 is 50.4 Å². The van der Waals surface area contributed by atoms with Gasteiger partial charge in [-0.3, -0.25) is 0 Å². The fourth-order valence-corrected chi connectivity index (χ4v) is 4.57. The summed E-state index contributed by atoms with van der Waals surface area (Å²) in [5.41, 5.74) is -0.556. The van der Waals surface area contributed by atoms with E-state index in [0.717, 1.165) is 0 Å². The minimum Gasteiger partial charge on any atom is -0.465 e. The summed E-state index contributed by atoms with van der Waals surface area (Å²) in [6.45, 7) is 1.81. The van der Waals surface area contributed by atoms with Gasteiger partial charge in [-0.05, 0) is 25.6 Å². The molecule has 1 atom stereocenters. The van der Waals surface area contributed by atoms with Crippen molar-refractivity contribution in [2.24, 2.45) is 0 Å². The highest BCUT2D eigenvalue weighted by atomic mass is 35.5. The van der Waals surface area contributed by atoms with Gasteiger partial charge in [-0.15, -0.1) is 23.2 Å². The third kappa shape index (κ3) is 4.77. The molecule has 0 saturated carbocycles. The summed E-state index contributed by atoms with van der Waals surface area (Å²) in [5, 5.41) is 3.07. The maximum Gasteiger partial charge on any atom is 0.257 e. The number of thiocarbonyl (C=S) groups is 1. The minimum absolute atomic E-state index is 0.0654. The van der Waals surface area contributed by atoms with Crippen LogP contribution in [-0.2, 0) is 14.6 Å². The Hall–Kier alpha value is 0.220. The highest BCUT2D eigenvalue weighted by Crippen LogP contribution is 2.23. The molecule has 0 amide bonds. The molecule has 1 rings (SSSR count). The first-order valence-electron chi connectivity index (χ1n) is 5.11. The summed E-state index contributed by atoms with van der Waals surface area (Å²) >= 11 is 16.2. The van der Waals surface area contributed by atoms with E-state index in [0.29, 0.717) is 6.42 Å². The van der Waals surface area contributed by atoms with E-state index in [1.807, 2.05) is 6.92 Å². The SMILES string of the molecule is CC1(NC(=S)OC(CCl)CCl)CCS(=O)(=O)C1. The lowest BCUT2D eigenvalue weighted by molar-refractivity contribution is 0.221. The van der Waals surface area contributed by atoms with Gasteiger partial charge in [0.25, 0.3) is 5.17 Å². The molecule has 0 aromatic heterocycles. The fourth-order valence-electron chi connectivity index (χ4n) is 1.64. The molecule has 1 aliphatic heterocycles. The van der Waals surface area contributed by atoms with Crippen molar-refractivity contribution in [1.82, 2.24) is 5.32 Å². The van der Waals surface area contributed by atoms with Gasteiger partial charge >= 0.3 is 0 Å². The van der Waals surface area contributed by atoms with Crippen molar-refractivity contribution in [3.8, 4) is 0 Å². The number of alkyl halides is 2. The highest BCUT2D eigenvalue weighted by molar-refractivity contribution is 7.91. The Morgan fingerprint density at radius 2 is 2.12 bits per heavy atom. The molecular weight excluding hydrogens is 305 g/mol. The molecule has 17 heavy (non-hydrogen) atoms. The van der Waals surface area contributed by atoms with E-state index in [1.54, 1.807) is 0 Å². The van der Waals surface area contributed by atoms with Crippen molar-refractivity contribution in [2.45, 2.75) is 25.0 Å². The molecule has 1 unspecified atom stereocenters. The van der Waals surface area contributed by atoms with Gasteiger partial charge in [-0.2, -0.15) is 0 Å². The summed E-state index contributed by atoms with van der Waals surface area (Å²) in [6.07, 6.45) is 0.158. The molecule has 0 aromatic rings. The van der Waals surface area contributed by atoms with E-state index >= 15 is 0 Å². The number of nitrogens with one attached hydrogen (secondary N) is 1. The van der Waals surface area contributed by atoms with Crippen molar-refractivity contribution in [3.63, 3.8) is 0 Å². The Kier molecular flexibility index (Phi) is 5.31. The molecule has 0 spiro atoms. The second-order valence-electron chi connectivity index (χ2n) is 4.36. The third-order valence-electron chi connectivity index (χ3n) is 2.53. The number of sulfone groups is 1. The van der Waals surface area contributed by atoms with Crippen molar-refractivity contribution in [2.75, 3.05) is 23.3 Å². The zero-order chi connectivity index (χ0) is 13.1. The van der Waals surface area contributed by atoms with Crippen LogP contribution in [0, 0.1) is 0 Å². The van der Waals surface area contributed by atoms with Crippen LogP contribution in [0.1, 0.15) is 13.3 Å². The minimum atomic E-state index is -2.97. The lowest BCUT2D eigenvalue weighted by Crippen LogP contribution is -2.48. The predicted molar refractivity (Wildman–Crippen MR) is 73.7 cm³/mol. The monoisotopic (exact) mass is 319 g/mol. The largest absolute Gasteiger partial charge is 0.465 e. The van der Waals surface area contributed by atoms with Crippen LogP contribution in [-0.4, -0.2) is 48.5 Å². The number of hydrogen-bond acceptors (Lipinski definition) is 4. The molecule has 1 heterocycles. The molecule has 1 saturated heterocycles. The van der Waals surface area contributed by atoms with Gasteiger partial charge in [0.05, 0.1) is 28.8 Å². The summed E-state index contributed by atoms with van der Waals surface area (Å²) in [6, 6.07) is 0. The molecule has 4 nitrogen and oxygen atoms in total. The smallest absolute Gasteiger partial charge is 0.257 e. The normalized spacial score (nSPS) is 27.1. The summed E-state index contributed by atoms with van der Waals surface area (Å²) in [7, 11) is -2.97. The zero-order valence-corrected chi connectivity index (χ0v) is 12.6. The molecule has 0 aliphatic carbocycles. The zero-order valence-electron chi connectivity index (χ0n) is 9.41. The van der Waals surface area contributed by atoms with Gasteiger partial charge in [0.15, 0.2) is 9.84 Å². The molecule has 8 heteroatoms. The van der Waals surface area contributed by atoms with Crippen LogP contribution in [0.25, 0.3) is 0 Å². The summed E-state index contributed by atoms with van der Waals surface area (Å²) < 4.78 is 28.1. The van der Waals surface area contributed by atoms with Crippen LogP contribution in [0.15, 0.2) is 0 Å². The number of rotatable bonds is 4. The maximum atomic E-state index is 11.4. The topological polar surface area (TPSA) is 55.4 Å². The quantitative estimate of drug-likeness (QED) is 0.625. The number of halogens is 2. The van der Waals surface area contributed by atoms with Gasteiger partial charge in [0.1, 0.15) is 6.10 Å². The van der Waals surface area contributed by atoms with Crippen molar-refractivity contribution in [3.05, 3.63) is 0 Å². The number of ether oxygens (including phenoxy) is 1. The van der Waals surface area contributed by atoms with E-state index < -0.39 is 15.4 Å². The first-order chi connectivity index (χ1) is 7.80. The molecule has 1 aliphatic rings. The van der Waals surface area contributed by atoms with E-state index in [4.69, 9.17) is 40.2 Å². The van der Waals surface area contributed by atoms with Crippen LogP contribution in [0.2, 0.25) is 0 Å². The molecule has 100 valence electrons.